The van der Waals surface area contributed by atoms with Crippen LogP contribution in [0.5, 0.6) is 0 Å². The molecule has 0 bridgehead atoms. The van der Waals surface area contributed by atoms with Crippen molar-refractivity contribution in [1.82, 2.24) is 4.57 Å². The Hall–Kier alpha value is -3.86. The molecule has 32 heavy (non-hydrogen) atoms. The van der Waals surface area contributed by atoms with Gasteiger partial charge in [-0.05, 0) is 43.2 Å². The highest BCUT2D eigenvalue weighted by molar-refractivity contribution is 5.99. The topological polar surface area (TPSA) is 61.4 Å². The van der Waals surface area contributed by atoms with Crippen molar-refractivity contribution in [2.24, 2.45) is 0 Å². The van der Waals surface area contributed by atoms with Gasteiger partial charge in [-0.25, -0.2) is 0 Å². The molecule has 0 aliphatic rings. The first-order valence-corrected chi connectivity index (χ1v) is 10.5. The highest BCUT2D eigenvalue weighted by Crippen LogP contribution is 2.26. The van der Waals surface area contributed by atoms with Crippen LogP contribution in [0, 0.1) is 13.8 Å². The molecule has 162 valence electrons. The van der Waals surface area contributed by atoms with Crippen LogP contribution in [-0.4, -0.2) is 22.9 Å². The van der Waals surface area contributed by atoms with Crippen LogP contribution >= 0.6 is 0 Å². The number of ether oxygens (including phenoxy) is 1. The molecule has 5 heteroatoms. The van der Waals surface area contributed by atoms with Crippen molar-refractivity contribution in [2.45, 2.75) is 26.3 Å². The number of furan rings is 1. The Bertz CT molecular complexity index is 1150. The van der Waals surface area contributed by atoms with Crippen LogP contribution in [0.1, 0.15) is 44.6 Å². The van der Waals surface area contributed by atoms with E-state index in [0.29, 0.717) is 12.1 Å². The van der Waals surface area contributed by atoms with Crippen LogP contribution in [0.15, 0.2) is 89.5 Å². The Morgan fingerprint density at radius 3 is 2.09 bits per heavy atom. The summed E-state index contributed by atoms with van der Waals surface area (Å²) in [6, 6.07) is 24.5. The fraction of sp³-hybridized carbons (Fsp3) is 0.185. The minimum Gasteiger partial charge on any atom is -0.467 e. The van der Waals surface area contributed by atoms with Gasteiger partial charge in [0.1, 0.15) is 11.7 Å². The minimum atomic E-state index is -0.586. The van der Waals surface area contributed by atoms with Crippen molar-refractivity contribution in [3.8, 4) is 0 Å². The van der Waals surface area contributed by atoms with E-state index in [-0.39, 0.29) is 12.4 Å². The molecule has 2 aromatic heterocycles. The second-order valence-electron chi connectivity index (χ2n) is 7.74. The molecule has 0 aliphatic heterocycles. The summed E-state index contributed by atoms with van der Waals surface area (Å²) in [6.07, 6.45) is 1.63. The van der Waals surface area contributed by atoms with Gasteiger partial charge in [0.15, 0.2) is 6.61 Å². The number of aromatic nitrogens is 1. The van der Waals surface area contributed by atoms with Crippen LogP contribution < -0.4 is 0 Å². The summed E-state index contributed by atoms with van der Waals surface area (Å²) in [6.45, 7) is 4.07. The van der Waals surface area contributed by atoms with Crippen molar-refractivity contribution >= 4 is 11.8 Å². The van der Waals surface area contributed by atoms with Crippen LogP contribution in [0.25, 0.3) is 0 Å². The fourth-order valence-electron chi connectivity index (χ4n) is 3.94. The normalized spacial score (nSPS) is 11.0. The molecule has 2 heterocycles. The number of hydrogen-bond donors (Lipinski definition) is 0. The van der Waals surface area contributed by atoms with Gasteiger partial charge >= 0.3 is 5.97 Å². The summed E-state index contributed by atoms with van der Waals surface area (Å²) in [5.74, 6) is -0.445. The lowest BCUT2D eigenvalue weighted by Crippen LogP contribution is -2.21. The highest BCUT2D eigenvalue weighted by Gasteiger charge is 2.26. The number of esters is 1. The maximum atomic E-state index is 13.1. The Balaban J connectivity index is 1.50. The average molecular weight is 428 g/mol. The SMILES string of the molecule is Cc1cc(C(=O)COC(=O)C(c2ccccc2)c2ccccc2)c(C)n1Cc1ccco1. The molecular formula is C27H25NO4. The predicted octanol–water partition coefficient (Wildman–Crippen LogP) is 5.30. The number of nitrogens with zero attached hydrogens (tertiary/aromatic N) is 1. The van der Waals surface area contributed by atoms with Gasteiger partial charge in [0.25, 0.3) is 0 Å². The number of carbonyl (C=O) groups excluding carboxylic acids is 2. The quantitative estimate of drug-likeness (QED) is 0.283. The number of rotatable bonds is 8. The zero-order chi connectivity index (χ0) is 22.5. The molecule has 0 radical (unpaired) electrons. The Labute approximate surface area is 187 Å². The molecule has 0 saturated heterocycles. The number of Topliss-reactive ketones (excluding diaryl/α,β-unsaturated/α-hetero) is 1. The molecule has 4 aromatic rings. The van der Waals surface area contributed by atoms with Gasteiger partial charge in [-0.15, -0.1) is 0 Å². The van der Waals surface area contributed by atoms with E-state index in [2.05, 4.69) is 0 Å². The molecule has 2 aromatic carbocycles. The van der Waals surface area contributed by atoms with Gasteiger partial charge in [0.05, 0.1) is 12.8 Å². The third-order valence-electron chi connectivity index (χ3n) is 5.62. The van der Waals surface area contributed by atoms with Gasteiger partial charge < -0.3 is 13.7 Å². The van der Waals surface area contributed by atoms with Gasteiger partial charge in [0.2, 0.25) is 5.78 Å². The molecule has 4 rings (SSSR count). The molecule has 0 unspecified atom stereocenters. The lowest BCUT2D eigenvalue weighted by Gasteiger charge is -2.17. The van der Waals surface area contributed by atoms with Gasteiger partial charge in [0, 0.05) is 17.0 Å². The van der Waals surface area contributed by atoms with E-state index in [1.807, 2.05) is 97.3 Å². The molecule has 5 nitrogen and oxygen atoms in total. The predicted molar refractivity (Wildman–Crippen MR) is 122 cm³/mol. The van der Waals surface area contributed by atoms with Crippen molar-refractivity contribution in [3.05, 3.63) is 119 Å². The minimum absolute atomic E-state index is 0.225. The maximum absolute atomic E-state index is 13.1. The van der Waals surface area contributed by atoms with E-state index in [1.54, 1.807) is 6.26 Å². The van der Waals surface area contributed by atoms with Crippen molar-refractivity contribution in [3.63, 3.8) is 0 Å². The maximum Gasteiger partial charge on any atom is 0.318 e. The monoisotopic (exact) mass is 427 g/mol. The molecular weight excluding hydrogens is 402 g/mol. The lowest BCUT2D eigenvalue weighted by molar-refractivity contribution is -0.143. The molecule has 0 saturated carbocycles. The van der Waals surface area contributed by atoms with E-state index in [1.165, 1.54) is 0 Å². The van der Waals surface area contributed by atoms with Crippen molar-refractivity contribution in [1.29, 1.82) is 0 Å². The Morgan fingerprint density at radius 2 is 1.53 bits per heavy atom. The van der Waals surface area contributed by atoms with E-state index in [4.69, 9.17) is 9.15 Å². The van der Waals surface area contributed by atoms with Gasteiger partial charge in [-0.1, -0.05) is 60.7 Å². The van der Waals surface area contributed by atoms with Crippen LogP contribution in [0.3, 0.4) is 0 Å². The first kappa shape index (κ1) is 21.4. The molecule has 0 aliphatic carbocycles. The van der Waals surface area contributed by atoms with Crippen LogP contribution in [0.2, 0.25) is 0 Å². The Kier molecular flexibility index (Phi) is 6.36. The first-order valence-electron chi connectivity index (χ1n) is 10.5. The second-order valence-corrected chi connectivity index (χ2v) is 7.74. The zero-order valence-corrected chi connectivity index (χ0v) is 18.2. The van der Waals surface area contributed by atoms with Crippen molar-refractivity contribution < 1.29 is 18.7 Å². The highest BCUT2D eigenvalue weighted by atomic mass is 16.5. The van der Waals surface area contributed by atoms with Crippen molar-refractivity contribution in [2.75, 3.05) is 6.61 Å². The van der Waals surface area contributed by atoms with E-state index < -0.39 is 11.9 Å². The Morgan fingerprint density at radius 1 is 0.906 bits per heavy atom. The lowest BCUT2D eigenvalue weighted by atomic mass is 9.91. The fourth-order valence-corrected chi connectivity index (χ4v) is 3.94. The smallest absolute Gasteiger partial charge is 0.318 e. The van der Waals surface area contributed by atoms with Gasteiger partial charge in [-0.2, -0.15) is 0 Å². The summed E-state index contributed by atoms with van der Waals surface area (Å²) >= 11 is 0. The molecule has 0 fully saturated rings. The second kappa shape index (κ2) is 9.52. The summed E-state index contributed by atoms with van der Waals surface area (Å²) in [5.41, 5.74) is 3.97. The number of hydrogen-bond acceptors (Lipinski definition) is 4. The largest absolute Gasteiger partial charge is 0.467 e. The summed E-state index contributed by atoms with van der Waals surface area (Å²) < 4.78 is 13.0. The number of benzene rings is 2. The van der Waals surface area contributed by atoms with Crippen LogP contribution in [-0.2, 0) is 16.1 Å². The number of ketones is 1. The molecule has 0 amide bonds. The van der Waals surface area contributed by atoms with E-state index in [0.717, 1.165) is 28.3 Å². The number of carbonyl (C=O) groups is 2. The van der Waals surface area contributed by atoms with E-state index in [9.17, 15) is 9.59 Å². The molecule has 0 spiro atoms. The average Bonchev–Trinajstić information content (AvgIpc) is 3.43. The first-order chi connectivity index (χ1) is 15.5. The summed E-state index contributed by atoms with van der Waals surface area (Å²) in [5, 5.41) is 0. The molecule has 0 atom stereocenters. The summed E-state index contributed by atoms with van der Waals surface area (Å²) in [4.78, 5) is 26.0. The van der Waals surface area contributed by atoms with Crippen LogP contribution in [0.4, 0.5) is 0 Å². The van der Waals surface area contributed by atoms with Gasteiger partial charge in [-0.3, -0.25) is 9.59 Å². The third-order valence-corrected chi connectivity index (χ3v) is 5.62. The zero-order valence-electron chi connectivity index (χ0n) is 18.2. The summed E-state index contributed by atoms with van der Waals surface area (Å²) in [7, 11) is 0. The molecule has 0 N–H and O–H groups in total. The number of aryl methyl sites for hydroxylation is 1. The third kappa shape index (κ3) is 4.57. The standard InChI is InChI=1S/C27H25NO4/c1-19-16-24(20(2)28(19)17-23-14-9-15-31-23)25(29)18-32-27(30)26(21-10-5-3-6-11-21)22-12-7-4-8-13-22/h3-16,26H,17-18H2,1-2H3. The van der Waals surface area contributed by atoms with E-state index >= 15 is 0 Å².